The predicted molar refractivity (Wildman–Crippen MR) is 92.1 cm³/mol. The van der Waals surface area contributed by atoms with Crippen molar-refractivity contribution >= 4 is 15.7 Å². The number of hydroxylamine groups is 3. The van der Waals surface area contributed by atoms with Gasteiger partial charge >= 0.3 is 0 Å². The molecule has 25 heavy (non-hydrogen) atoms. The topological polar surface area (TPSA) is 102 Å². The number of sulfonamides is 1. The van der Waals surface area contributed by atoms with Crippen molar-refractivity contribution in [3.8, 4) is 0 Å². The number of unbranched alkanes of at least 4 members (excludes halogenated alkanes) is 3. The average molecular weight is 375 g/mol. The maximum Gasteiger partial charge on any atom is 0.289 e. The number of nitrogens with zero attached hydrogens (tertiary/aromatic N) is 3. The van der Waals surface area contributed by atoms with Crippen molar-refractivity contribution in [2.75, 3.05) is 34.4 Å². The molecule has 0 aliphatic heterocycles. The van der Waals surface area contributed by atoms with Crippen LogP contribution in [0.1, 0.15) is 25.7 Å². The molecular weight excluding hydrogens is 350 g/mol. The number of rotatable bonds is 12. The Bertz CT molecular complexity index is 652. The first-order chi connectivity index (χ1) is 11.8. The Labute approximate surface area is 148 Å². The van der Waals surface area contributed by atoms with Gasteiger partial charge in [-0.1, -0.05) is 29.4 Å². The summed E-state index contributed by atoms with van der Waals surface area (Å²) >= 11 is 0. The number of para-hydroxylation sites is 1. The summed E-state index contributed by atoms with van der Waals surface area (Å²) in [7, 11) is 0.581. The second kappa shape index (κ2) is 10.4. The number of nitro groups is 1. The highest BCUT2D eigenvalue weighted by atomic mass is 32.2. The van der Waals surface area contributed by atoms with E-state index >= 15 is 0 Å². The van der Waals surface area contributed by atoms with Crippen LogP contribution in [0.15, 0.2) is 29.2 Å². The smallest absolute Gasteiger partial charge is 0.289 e. The van der Waals surface area contributed by atoms with Crippen molar-refractivity contribution in [2.24, 2.45) is 0 Å². The summed E-state index contributed by atoms with van der Waals surface area (Å²) < 4.78 is 26.0. The van der Waals surface area contributed by atoms with E-state index < -0.39 is 20.6 Å². The van der Waals surface area contributed by atoms with E-state index in [1.54, 1.807) is 12.2 Å². The van der Waals surface area contributed by atoms with Gasteiger partial charge < -0.3 is 4.84 Å². The van der Waals surface area contributed by atoms with Crippen molar-refractivity contribution in [1.29, 1.82) is 0 Å². The molecule has 0 unspecified atom stereocenters. The highest BCUT2D eigenvalue weighted by Gasteiger charge is 2.31. The molecule has 0 saturated heterocycles. The lowest BCUT2D eigenvalue weighted by Gasteiger charge is -2.19. The van der Waals surface area contributed by atoms with Crippen LogP contribution < -0.4 is 0 Å². The van der Waals surface area contributed by atoms with Crippen LogP contribution in [0.4, 0.5) is 5.69 Å². The van der Waals surface area contributed by atoms with Crippen molar-refractivity contribution in [2.45, 2.75) is 30.6 Å². The van der Waals surface area contributed by atoms with Gasteiger partial charge in [-0.3, -0.25) is 15.0 Å². The van der Waals surface area contributed by atoms with Crippen LogP contribution in [0.2, 0.25) is 0 Å². The van der Waals surface area contributed by atoms with Gasteiger partial charge in [0.1, 0.15) is 0 Å². The summed E-state index contributed by atoms with van der Waals surface area (Å²) in [6, 6.07) is 5.23. The normalized spacial score (nSPS) is 12.0. The minimum Gasteiger partial charge on any atom is -0.303 e. The van der Waals surface area contributed by atoms with Crippen LogP contribution in [0, 0.1) is 10.1 Å². The molecule has 0 bridgehead atoms. The van der Waals surface area contributed by atoms with Gasteiger partial charge in [-0.2, -0.15) is 5.06 Å². The van der Waals surface area contributed by atoms with Crippen molar-refractivity contribution in [3.63, 3.8) is 0 Å². The molecule has 1 aromatic carbocycles. The molecule has 0 amide bonds. The van der Waals surface area contributed by atoms with Crippen LogP contribution in [0.25, 0.3) is 0 Å². The van der Waals surface area contributed by atoms with Gasteiger partial charge in [-0.05, 0) is 18.9 Å². The Balaban J connectivity index is 2.65. The molecule has 0 radical (unpaired) electrons. The molecule has 1 aromatic rings. The van der Waals surface area contributed by atoms with E-state index in [0.29, 0.717) is 6.42 Å². The standard InChI is InChI=1S/C15H25N3O6S/c1-16(23-2)12-8-4-5-9-13-17(24-3)25(21,22)15-11-7-6-10-14(15)18(19)20/h6-7,10-11H,4-5,8-9,12-13H2,1-3H3. The highest BCUT2D eigenvalue weighted by Crippen LogP contribution is 2.26. The zero-order valence-corrected chi connectivity index (χ0v) is 15.6. The largest absolute Gasteiger partial charge is 0.303 e. The van der Waals surface area contributed by atoms with Gasteiger partial charge in [0.2, 0.25) is 0 Å². The molecule has 10 heteroatoms. The average Bonchev–Trinajstić information content (AvgIpc) is 2.60. The fourth-order valence-electron chi connectivity index (χ4n) is 2.27. The third-order valence-electron chi connectivity index (χ3n) is 3.69. The predicted octanol–water partition coefficient (Wildman–Crippen LogP) is 2.20. The molecule has 0 fully saturated rings. The Morgan fingerprint density at radius 1 is 1.04 bits per heavy atom. The van der Waals surface area contributed by atoms with Gasteiger partial charge in [0.15, 0.2) is 4.90 Å². The van der Waals surface area contributed by atoms with Crippen LogP contribution in [-0.4, -0.2) is 57.2 Å². The fourth-order valence-corrected chi connectivity index (χ4v) is 3.71. The van der Waals surface area contributed by atoms with E-state index in [-0.39, 0.29) is 11.4 Å². The maximum absolute atomic E-state index is 12.6. The summed E-state index contributed by atoms with van der Waals surface area (Å²) in [5, 5.41) is 12.8. The summed E-state index contributed by atoms with van der Waals surface area (Å²) in [5.41, 5.74) is -0.466. The Kier molecular flexibility index (Phi) is 8.93. The SMILES string of the molecule is CON(C)CCCCCCN(OC)S(=O)(=O)c1ccccc1[N+](=O)[O-]. The summed E-state index contributed by atoms with van der Waals surface area (Å²) in [6.45, 7) is 0.921. The fraction of sp³-hybridized carbons (Fsp3) is 0.600. The van der Waals surface area contributed by atoms with Gasteiger partial charge in [0.05, 0.1) is 19.1 Å². The minimum absolute atomic E-state index is 0.130. The van der Waals surface area contributed by atoms with E-state index in [1.807, 2.05) is 7.05 Å². The molecule has 0 heterocycles. The molecule has 0 aromatic heterocycles. The number of nitro benzene ring substituents is 1. The quantitative estimate of drug-likeness (QED) is 0.313. The van der Waals surface area contributed by atoms with E-state index in [0.717, 1.165) is 36.3 Å². The number of hydrogen-bond donors (Lipinski definition) is 0. The first-order valence-electron chi connectivity index (χ1n) is 7.90. The first-order valence-corrected chi connectivity index (χ1v) is 9.34. The third kappa shape index (κ3) is 6.33. The zero-order valence-electron chi connectivity index (χ0n) is 14.8. The van der Waals surface area contributed by atoms with Crippen LogP contribution in [0.3, 0.4) is 0 Å². The summed E-state index contributed by atoms with van der Waals surface area (Å²) in [4.78, 5) is 19.9. The molecule has 0 aliphatic carbocycles. The minimum atomic E-state index is -4.10. The Morgan fingerprint density at radius 3 is 2.20 bits per heavy atom. The molecule has 142 valence electrons. The van der Waals surface area contributed by atoms with Gasteiger partial charge in [0.25, 0.3) is 15.7 Å². The summed E-state index contributed by atoms with van der Waals surface area (Å²) in [6.07, 6.45) is 3.24. The summed E-state index contributed by atoms with van der Waals surface area (Å²) in [5.74, 6) is 0. The zero-order chi connectivity index (χ0) is 18.9. The van der Waals surface area contributed by atoms with E-state index in [1.165, 1.54) is 25.3 Å². The molecule has 0 aliphatic rings. The van der Waals surface area contributed by atoms with Crippen molar-refractivity contribution in [1.82, 2.24) is 9.53 Å². The van der Waals surface area contributed by atoms with Gasteiger partial charge in [-0.25, -0.2) is 8.42 Å². The lowest BCUT2D eigenvalue weighted by Crippen LogP contribution is -2.31. The van der Waals surface area contributed by atoms with Crippen molar-refractivity contribution in [3.05, 3.63) is 34.4 Å². The van der Waals surface area contributed by atoms with Crippen molar-refractivity contribution < 1.29 is 23.0 Å². The Hall–Kier alpha value is -1.59. The third-order valence-corrected chi connectivity index (χ3v) is 5.46. The molecule has 0 atom stereocenters. The Morgan fingerprint density at radius 2 is 1.64 bits per heavy atom. The molecule has 0 saturated carbocycles. The van der Waals surface area contributed by atoms with Crippen LogP contribution in [0.5, 0.6) is 0 Å². The lowest BCUT2D eigenvalue weighted by atomic mass is 10.2. The first kappa shape index (κ1) is 21.5. The lowest BCUT2D eigenvalue weighted by molar-refractivity contribution is -0.387. The molecule has 0 spiro atoms. The number of hydrogen-bond acceptors (Lipinski definition) is 7. The number of benzene rings is 1. The van der Waals surface area contributed by atoms with E-state index in [2.05, 4.69) is 0 Å². The van der Waals surface area contributed by atoms with Gasteiger partial charge in [0, 0.05) is 26.2 Å². The molecular formula is C15H25N3O6S. The van der Waals surface area contributed by atoms with E-state index in [4.69, 9.17) is 9.68 Å². The molecule has 1 rings (SSSR count). The maximum atomic E-state index is 12.6. The van der Waals surface area contributed by atoms with Gasteiger partial charge in [-0.15, -0.1) is 0 Å². The van der Waals surface area contributed by atoms with Crippen LogP contribution >= 0.6 is 0 Å². The molecule has 9 nitrogen and oxygen atoms in total. The van der Waals surface area contributed by atoms with Crippen LogP contribution in [-0.2, 0) is 19.7 Å². The second-order valence-electron chi connectivity index (χ2n) is 5.39. The highest BCUT2D eigenvalue weighted by molar-refractivity contribution is 7.89. The van der Waals surface area contributed by atoms with E-state index in [9.17, 15) is 18.5 Å². The monoisotopic (exact) mass is 375 g/mol. The molecule has 0 N–H and O–H groups in total. The second-order valence-corrected chi connectivity index (χ2v) is 7.18.